The number of carbonyl (C=O) groups excluding carboxylic acids is 3. The van der Waals surface area contributed by atoms with Crippen molar-refractivity contribution in [1.82, 2.24) is 20.1 Å². The van der Waals surface area contributed by atoms with Gasteiger partial charge in [0.1, 0.15) is 12.4 Å². The second-order valence-corrected chi connectivity index (χ2v) is 9.51. The Bertz CT molecular complexity index is 1100. The van der Waals surface area contributed by atoms with Crippen LogP contribution in [0.5, 0.6) is 0 Å². The van der Waals surface area contributed by atoms with Crippen molar-refractivity contribution in [3.63, 3.8) is 0 Å². The number of hydrogen-bond acceptors (Lipinski definition) is 6. The highest BCUT2D eigenvalue weighted by Gasteiger charge is 2.47. The summed E-state index contributed by atoms with van der Waals surface area (Å²) in [4.78, 5) is 39.0. The fourth-order valence-corrected chi connectivity index (χ4v) is 5.50. The molecule has 34 heavy (non-hydrogen) atoms. The lowest BCUT2D eigenvalue weighted by Gasteiger charge is -2.31. The van der Waals surface area contributed by atoms with Crippen LogP contribution >= 0.6 is 0 Å². The van der Waals surface area contributed by atoms with E-state index in [0.29, 0.717) is 31.7 Å². The van der Waals surface area contributed by atoms with Crippen molar-refractivity contribution in [3.05, 3.63) is 35.9 Å². The minimum Gasteiger partial charge on any atom is -0.381 e. The summed E-state index contributed by atoms with van der Waals surface area (Å²) < 4.78 is 6.99. The van der Waals surface area contributed by atoms with Crippen molar-refractivity contribution in [2.75, 3.05) is 23.8 Å². The van der Waals surface area contributed by atoms with Crippen LogP contribution < -0.4 is 16.0 Å². The summed E-state index contributed by atoms with van der Waals surface area (Å²) in [5, 5.41) is 16.5. The molecule has 3 heterocycles. The summed E-state index contributed by atoms with van der Waals surface area (Å²) in [5.41, 5.74) is 1.72. The van der Waals surface area contributed by atoms with Gasteiger partial charge in [-0.15, -0.1) is 10.2 Å². The zero-order chi connectivity index (χ0) is 23.7. The summed E-state index contributed by atoms with van der Waals surface area (Å²) in [7, 11) is 1.69. The molecule has 2 fully saturated rings. The molecule has 0 bridgehead atoms. The number of carbonyl (C=O) groups is 3. The van der Waals surface area contributed by atoms with Crippen LogP contribution in [0.15, 0.2) is 24.5 Å². The van der Waals surface area contributed by atoms with E-state index in [1.807, 2.05) is 12.1 Å². The lowest BCUT2D eigenvalue weighted by molar-refractivity contribution is -0.124. The number of nitrogens with zero attached hydrogens (tertiary/aromatic N) is 3. The molecule has 1 atom stereocenters. The number of fused-ring (bicyclic) bond motifs is 2. The van der Waals surface area contributed by atoms with E-state index in [4.69, 9.17) is 4.74 Å². The van der Waals surface area contributed by atoms with E-state index in [2.05, 4.69) is 26.1 Å². The Hall–Kier alpha value is -3.27. The van der Waals surface area contributed by atoms with Crippen LogP contribution in [0.2, 0.25) is 0 Å². The predicted octanol–water partition coefficient (Wildman–Crippen LogP) is 2.13. The highest BCUT2D eigenvalue weighted by molar-refractivity contribution is 6.07. The average Bonchev–Trinajstić information content (AvgIpc) is 3.39. The standard InChI is InChI=1S/C24H30N6O4/c1-30-14-25-29-20(30)22(32)28-19(15-5-3-2-4-6-15)21(31)26-16-7-8-17-18(13-16)27-23(33)24(17)9-11-34-12-10-24/h7-8,13-15,19H,2-6,9-12H2,1H3,(H,26,31)(H,27,33)(H,28,32)/t19-/m0/s1. The Balaban J connectivity index is 1.35. The van der Waals surface area contributed by atoms with Crippen molar-refractivity contribution >= 4 is 29.1 Å². The Kier molecular flexibility index (Phi) is 6.07. The molecule has 5 rings (SSSR count). The highest BCUT2D eigenvalue weighted by atomic mass is 16.5. The maximum absolute atomic E-state index is 13.4. The summed E-state index contributed by atoms with van der Waals surface area (Å²) in [6.07, 6.45) is 7.71. The third kappa shape index (κ3) is 4.06. The molecule has 3 N–H and O–H groups in total. The van der Waals surface area contributed by atoms with Crippen molar-refractivity contribution in [1.29, 1.82) is 0 Å². The zero-order valence-corrected chi connectivity index (χ0v) is 19.3. The molecule has 2 aliphatic heterocycles. The first kappa shape index (κ1) is 22.5. The quantitative estimate of drug-likeness (QED) is 0.620. The minimum atomic E-state index is -0.686. The number of amides is 3. The van der Waals surface area contributed by atoms with Gasteiger partial charge in [-0.25, -0.2) is 0 Å². The van der Waals surface area contributed by atoms with Crippen LogP contribution in [0.3, 0.4) is 0 Å². The molecule has 1 aromatic carbocycles. The number of hydrogen-bond donors (Lipinski definition) is 3. The number of aromatic nitrogens is 3. The van der Waals surface area contributed by atoms with E-state index < -0.39 is 17.4 Å². The van der Waals surface area contributed by atoms with Crippen molar-refractivity contribution in [2.45, 2.75) is 56.4 Å². The van der Waals surface area contributed by atoms with Gasteiger partial charge in [0.2, 0.25) is 17.6 Å². The van der Waals surface area contributed by atoms with E-state index in [9.17, 15) is 14.4 Å². The second kappa shape index (κ2) is 9.17. The Morgan fingerprint density at radius 3 is 2.68 bits per heavy atom. The molecule has 1 aliphatic carbocycles. The van der Waals surface area contributed by atoms with Crippen molar-refractivity contribution < 1.29 is 19.1 Å². The third-order valence-corrected chi connectivity index (χ3v) is 7.44. The highest BCUT2D eigenvalue weighted by Crippen LogP contribution is 2.45. The van der Waals surface area contributed by atoms with Crippen LogP contribution in [0.4, 0.5) is 11.4 Å². The fourth-order valence-electron chi connectivity index (χ4n) is 5.50. The first-order chi connectivity index (χ1) is 16.5. The van der Waals surface area contributed by atoms with Crippen LogP contribution in [-0.4, -0.2) is 51.7 Å². The Labute approximate surface area is 197 Å². The lowest BCUT2D eigenvalue weighted by atomic mass is 9.75. The zero-order valence-electron chi connectivity index (χ0n) is 19.3. The molecule has 0 unspecified atom stereocenters. The van der Waals surface area contributed by atoms with Crippen LogP contribution in [0.25, 0.3) is 0 Å². The summed E-state index contributed by atoms with van der Waals surface area (Å²) in [6.45, 7) is 1.11. The maximum atomic E-state index is 13.4. The maximum Gasteiger partial charge on any atom is 0.289 e. The molecule has 1 saturated heterocycles. The van der Waals surface area contributed by atoms with Gasteiger partial charge in [0.25, 0.3) is 5.91 Å². The number of benzene rings is 1. The molecule has 3 aliphatic rings. The van der Waals surface area contributed by atoms with Gasteiger partial charge in [-0.2, -0.15) is 0 Å². The van der Waals surface area contributed by atoms with Crippen molar-refractivity contribution in [3.8, 4) is 0 Å². The smallest absolute Gasteiger partial charge is 0.289 e. The first-order valence-corrected chi connectivity index (χ1v) is 12.0. The number of ether oxygens (including phenoxy) is 1. The summed E-state index contributed by atoms with van der Waals surface area (Å²) in [6, 6.07) is 4.87. The Morgan fingerprint density at radius 2 is 1.97 bits per heavy atom. The first-order valence-electron chi connectivity index (χ1n) is 12.0. The molecule has 2 aromatic rings. The van der Waals surface area contributed by atoms with Gasteiger partial charge in [-0.05, 0) is 49.3 Å². The van der Waals surface area contributed by atoms with Crippen LogP contribution in [0, 0.1) is 5.92 Å². The number of anilines is 2. The number of aryl methyl sites for hydroxylation is 1. The van der Waals surface area contributed by atoms with Crippen molar-refractivity contribution in [2.24, 2.45) is 13.0 Å². The van der Waals surface area contributed by atoms with Crippen LogP contribution in [0.1, 0.15) is 61.1 Å². The van der Waals surface area contributed by atoms with Crippen LogP contribution in [-0.2, 0) is 26.8 Å². The van der Waals surface area contributed by atoms with E-state index in [1.54, 1.807) is 13.1 Å². The van der Waals surface area contributed by atoms with Gasteiger partial charge in [-0.1, -0.05) is 25.3 Å². The second-order valence-electron chi connectivity index (χ2n) is 9.51. The lowest BCUT2D eigenvalue weighted by Crippen LogP contribution is -2.49. The molecule has 180 valence electrons. The third-order valence-electron chi connectivity index (χ3n) is 7.44. The van der Waals surface area contributed by atoms with E-state index in [0.717, 1.165) is 43.4 Å². The largest absolute Gasteiger partial charge is 0.381 e. The topological polar surface area (TPSA) is 127 Å². The molecule has 1 spiro atoms. The number of rotatable bonds is 5. The minimum absolute atomic E-state index is 0.00898. The van der Waals surface area contributed by atoms with Gasteiger partial charge >= 0.3 is 0 Å². The molecule has 10 nitrogen and oxygen atoms in total. The molecular formula is C24H30N6O4. The summed E-state index contributed by atoms with van der Waals surface area (Å²) >= 11 is 0. The fraction of sp³-hybridized carbons (Fsp3) is 0.542. The Morgan fingerprint density at radius 1 is 1.21 bits per heavy atom. The molecule has 10 heteroatoms. The molecular weight excluding hydrogens is 436 g/mol. The molecule has 1 saturated carbocycles. The predicted molar refractivity (Wildman–Crippen MR) is 124 cm³/mol. The normalized spacial score (nSPS) is 20.4. The van der Waals surface area contributed by atoms with Gasteiger partial charge in [-0.3, -0.25) is 14.4 Å². The SMILES string of the molecule is Cn1cnnc1C(=O)N[C@H](C(=O)Nc1ccc2c(c1)NC(=O)C21CCOCC1)C1CCCCC1. The molecule has 3 amide bonds. The van der Waals surface area contributed by atoms with Gasteiger partial charge in [0, 0.05) is 31.6 Å². The van der Waals surface area contributed by atoms with E-state index in [1.165, 1.54) is 10.9 Å². The average molecular weight is 467 g/mol. The monoisotopic (exact) mass is 466 g/mol. The van der Waals surface area contributed by atoms with Gasteiger partial charge < -0.3 is 25.3 Å². The van der Waals surface area contributed by atoms with Gasteiger partial charge in [0.15, 0.2) is 0 Å². The van der Waals surface area contributed by atoms with E-state index in [-0.39, 0.29) is 23.6 Å². The summed E-state index contributed by atoms with van der Waals surface area (Å²) in [5.74, 6) is -0.493. The number of nitrogens with one attached hydrogen (secondary N) is 3. The molecule has 0 radical (unpaired) electrons. The molecule has 1 aromatic heterocycles. The van der Waals surface area contributed by atoms with E-state index >= 15 is 0 Å². The van der Waals surface area contributed by atoms with Gasteiger partial charge in [0.05, 0.1) is 5.41 Å².